The SMILES string of the molecule is O=C(Cc1csc(Cc2ccc(F)cc2)n1)OCCn1nc2ccccn2c1=O. The second-order valence-electron chi connectivity index (χ2n) is 6.37. The van der Waals surface area contributed by atoms with E-state index in [2.05, 4.69) is 10.1 Å². The molecule has 29 heavy (non-hydrogen) atoms. The molecule has 9 heteroatoms. The molecule has 0 amide bonds. The van der Waals surface area contributed by atoms with Crippen LogP contribution < -0.4 is 5.69 Å². The Hall–Kier alpha value is -3.33. The highest BCUT2D eigenvalue weighted by Crippen LogP contribution is 2.16. The fraction of sp³-hybridized carbons (Fsp3) is 0.200. The van der Waals surface area contributed by atoms with E-state index in [1.807, 2.05) is 5.38 Å². The molecule has 0 N–H and O–H groups in total. The number of hydrogen-bond donors (Lipinski definition) is 0. The van der Waals surface area contributed by atoms with Gasteiger partial charge in [-0.05, 0) is 29.8 Å². The lowest BCUT2D eigenvalue weighted by atomic mass is 10.1. The largest absolute Gasteiger partial charge is 0.463 e. The molecule has 0 spiro atoms. The first-order valence-corrected chi connectivity index (χ1v) is 9.84. The smallest absolute Gasteiger partial charge is 0.350 e. The topological polar surface area (TPSA) is 78.5 Å². The maximum atomic E-state index is 13.0. The van der Waals surface area contributed by atoms with Gasteiger partial charge in [-0.3, -0.25) is 9.20 Å². The lowest BCUT2D eigenvalue weighted by Gasteiger charge is -2.03. The third-order valence-electron chi connectivity index (χ3n) is 4.25. The molecule has 7 nitrogen and oxygen atoms in total. The first-order chi connectivity index (χ1) is 14.1. The minimum Gasteiger partial charge on any atom is -0.463 e. The molecule has 0 radical (unpaired) electrons. The Kier molecular flexibility index (Phi) is 5.48. The quantitative estimate of drug-likeness (QED) is 0.436. The van der Waals surface area contributed by atoms with E-state index in [1.54, 1.807) is 36.5 Å². The second-order valence-corrected chi connectivity index (χ2v) is 7.31. The van der Waals surface area contributed by atoms with Crippen LogP contribution in [0.2, 0.25) is 0 Å². The van der Waals surface area contributed by atoms with Crippen molar-refractivity contribution in [2.75, 3.05) is 6.61 Å². The molecule has 0 aliphatic carbocycles. The molecule has 4 aromatic rings. The van der Waals surface area contributed by atoms with Gasteiger partial charge in [-0.25, -0.2) is 18.9 Å². The van der Waals surface area contributed by atoms with Crippen LogP contribution in [0.1, 0.15) is 16.3 Å². The number of thiazole rings is 1. The van der Waals surface area contributed by atoms with Crippen molar-refractivity contribution in [2.45, 2.75) is 19.4 Å². The van der Waals surface area contributed by atoms with Crippen molar-refractivity contribution in [3.8, 4) is 0 Å². The molecule has 0 unspecified atom stereocenters. The molecule has 0 aliphatic rings. The zero-order chi connectivity index (χ0) is 20.2. The van der Waals surface area contributed by atoms with E-state index in [-0.39, 0.29) is 31.1 Å². The Labute approximate surface area is 169 Å². The Morgan fingerprint density at radius 1 is 1.17 bits per heavy atom. The number of ether oxygens (including phenoxy) is 1. The predicted octanol–water partition coefficient (Wildman–Crippen LogP) is 2.47. The van der Waals surface area contributed by atoms with Crippen LogP contribution in [0, 0.1) is 5.82 Å². The summed E-state index contributed by atoms with van der Waals surface area (Å²) in [6.07, 6.45) is 2.27. The highest BCUT2D eigenvalue weighted by Gasteiger charge is 2.11. The monoisotopic (exact) mass is 412 g/mol. The lowest BCUT2D eigenvalue weighted by molar-refractivity contribution is -0.143. The minimum atomic E-state index is -0.416. The van der Waals surface area contributed by atoms with Crippen LogP contribution in [0.4, 0.5) is 4.39 Å². The number of rotatable bonds is 7. The van der Waals surface area contributed by atoms with Crippen LogP contribution in [-0.4, -0.2) is 31.7 Å². The van der Waals surface area contributed by atoms with Gasteiger partial charge in [0.2, 0.25) is 0 Å². The summed E-state index contributed by atoms with van der Waals surface area (Å²) in [5.74, 6) is -0.692. The molecule has 4 rings (SSSR count). The first-order valence-electron chi connectivity index (χ1n) is 8.96. The number of pyridine rings is 1. The first kappa shape index (κ1) is 19.0. The number of carbonyl (C=O) groups is 1. The highest BCUT2D eigenvalue weighted by molar-refractivity contribution is 7.09. The second kappa shape index (κ2) is 8.36. The van der Waals surface area contributed by atoms with E-state index in [0.29, 0.717) is 17.8 Å². The number of esters is 1. The van der Waals surface area contributed by atoms with E-state index in [9.17, 15) is 14.0 Å². The van der Waals surface area contributed by atoms with Gasteiger partial charge in [-0.15, -0.1) is 16.4 Å². The van der Waals surface area contributed by atoms with Gasteiger partial charge in [-0.1, -0.05) is 18.2 Å². The number of aromatic nitrogens is 4. The Balaban J connectivity index is 1.28. The average molecular weight is 412 g/mol. The van der Waals surface area contributed by atoms with Crippen molar-refractivity contribution < 1.29 is 13.9 Å². The third-order valence-corrected chi connectivity index (χ3v) is 5.15. The summed E-state index contributed by atoms with van der Waals surface area (Å²) in [4.78, 5) is 28.6. The number of benzene rings is 1. The number of fused-ring (bicyclic) bond motifs is 1. The van der Waals surface area contributed by atoms with Gasteiger partial charge in [0.05, 0.1) is 23.7 Å². The molecule has 3 heterocycles. The van der Waals surface area contributed by atoms with Gasteiger partial charge in [0.15, 0.2) is 5.65 Å². The van der Waals surface area contributed by atoms with E-state index >= 15 is 0 Å². The molecular weight excluding hydrogens is 395 g/mol. The van der Waals surface area contributed by atoms with Gasteiger partial charge in [0.25, 0.3) is 0 Å². The van der Waals surface area contributed by atoms with Crippen molar-refractivity contribution in [3.05, 3.63) is 86.6 Å². The lowest BCUT2D eigenvalue weighted by Crippen LogP contribution is -2.24. The maximum Gasteiger partial charge on any atom is 0.350 e. The fourth-order valence-corrected chi connectivity index (χ4v) is 3.67. The zero-order valence-electron chi connectivity index (χ0n) is 15.3. The van der Waals surface area contributed by atoms with Gasteiger partial charge >= 0.3 is 11.7 Å². The van der Waals surface area contributed by atoms with Crippen LogP contribution in [0.15, 0.2) is 58.8 Å². The Morgan fingerprint density at radius 2 is 2.00 bits per heavy atom. The number of carbonyl (C=O) groups excluding carboxylic acids is 1. The number of nitrogens with zero attached hydrogens (tertiary/aromatic N) is 4. The highest BCUT2D eigenvalue weighted by atomic mass is 32.1. The molecule has 1 aromatic carbocycles. The van der Waals surface area contributed by atoms with Crippen LogP contribution in [0.25, 0.3) is 5.65 Å². The maximum absolute atomic E-state index is 13.0. The summed E-state index contributed by atoms with van der Waals surface area (Å²) in [6, 6.07) is 11.5. The van der Waals surface area contributed by atoms with Gasteiger partial charge < -0.3 is 4.74 Å². The third kappa shape index (κ3) is 4.57. The molecule has 3 aromatic heterocycles. The van der Waals surface area contributed by atoms with Crippen molar-refractivity contribution in [1.82, 2.24) is 19.2 Å². The molecular formula is C20H17FN4O3S. The van der Waals surface area contributed by atoms with Gasteiger partial charge in [0.1, 0.15) is 12.4 Å². The standard InChI is InChI=1S/C20H17FN4O3S/c21-15-6-4-14(5-7-15)11-18-22-16(13-29-18)12-19(26)28-10-9-25-20(27)24-8-2-1-3-17(24)23-25/h1-8,13H,9-12H2. The van der Waals surface area contributed by atoms with Crippen molar-refractivity contribution in [3.63, 3.8) is 0 Å². The van der Waals surface area contributed by atoms with E-state index < -0.39 is 5.97 Å². The van der Waals surface area contributed by atoms with Crippen LogP contribution in [0.3, 0.4) is 0 Å². The zero-order valence-corrected chi connectivity index (χ0v) is 16.1. The van der Waals surface area contributed by atoms with Crippen LogP contribution in [-0.2, 0) is 28.9 Å². The summed E-state index contributed by atoms with van der Waals surface area (Å²) in [5, 5.41) is 6.84. The van der Waals surface area contributed by atoms with Crippen molar-refractivity contribution >= 4 is 23.0 Å². The summed E-state index contributed by atoms with van der Waals surface area (Å²) in [6.45, 7) is 0.230. The predicted molar refractivity (Wildman–Crippen MR) is 105 cm³/mol. The van der Waals surface area contributed by atoms with Crippen LogP contribution in [0.5, 0.6) is 0 Å². The Morgan fingerprint density at radius 3 is 2.79 bits per heavy atom. The number of hydrogen-bond acceptors (Lipinski definition) is 6. The summed E-state index contributed by atoms with van der Waals surface area (Å²) in [7, 11) is 0. The molecule has 0 saturated heterocycles. The summed E-state index contributed by atoms with van der Waals surface area (Å²) < 4.78 is 20.9. The molecule has 0 fully saturated rings. The van der Waals surface area contributed by atoms with Crippen LogP contribution >= 0.6 is 11.3 Å². The minimum absolute atomic E-state index is 0.0508. The van der Waals surface area contributed by atoms with E-state index in [0.717, 1.165) is 10.6 Å². The van der Waals surface area contributed by atoms with Gasteiger partial charge in [0, 0.05) is 18.0 Å². The number of halogens is 1. The van der Waals surface area contributed by atoms with Crippen molar-refractivity contribution in [1.29, 1.82) is 0 Å². The molecule has 148 valence electrons. The summed E-state index contributed by atoms with van der Waals surface area (Å²) >= 11 is 1.44. The normalized spacial score (nSPS) is 11.1. The van der Waals surface area contributed by atoms with E-state index in [1.165, 1.54) is 32.6 Å². The van der Waals surface area contributed by atoms with Crippen molar-refractivity contribution in [2.24, 2.45) is 0 Å². The molecule has 0 bridgehead atoms. The summed E-state index contributed by atoms with van der Waals surface area (Å²) in [5.41, 5.74) is 1.84. The molecule has 0 saturated carbocycles. The molecule has 0 atom stereocenters. The van der Waals surface area contributed by atoms with E-state index in [4.69, 9.17) is 4.74 Å². The fourth-order valence-electron chi connectivity index (χ4n) is 2.85. The molecule has 0 aliphatic heterocycles. The average Bonchev–Trinajstić information content (AvgIpc) is 3.28. The van der Waals surface area contributed by atoms with Gasteiger partial charge in [-0.2, -0.15) is 0 Å². The Bertz CT molecular complexity index is 1200.